The maximum Gasteiger partial charge on any atom is 0.251 e. The van der Waals surface area contributed by atoms with Gasteiger partial charge in [-0.3, -0.25) is 14.4 Å². The molecule has 6 nitrogen and oxygen atoms in total. The number of aldehydes is 1. The first kappa shape index (κ1) is 17.4. The molecule has 0 spiro atoms. The fourth-order valence-electron chi connectivity index (χ4n) is 1.71. The molecule has 6 heteroatoms. The van der Waals surface area contributed by atoms with E-state index in [-0.39, 0.29) is 18.4 Å². The zero-order valence-corrected chi connectivity index (χ0v) is 12.4. The topological polar surface area (TPSA) is 101 Å². The summed E-state index contributed by atoms with van der Waals surface area (Å²) in [6.45, 7) is 2.57. The minimum atomic E-state index is -0.254. The SMILES string of the molecule is CC(=O)NCCCNC(=O)c1ccc(C=O)c(C#CCN)c1. The van der Waals surface area contributed by atoms with Gasteiger partial charge in [0.2, 0.25) is 5.91 Å². The van der Waals surface area contributed by atoms with Crippen LogP contribution < -0.4 is 16.4 Å². The molecular formula is C16H19N3O3. The van der Waals surface area contributed by atoms with Gasteiger partial charge >= 0.3 is 0 Å². The summed E-state index contributed by atoms with van der Waals surface area (Å²) in [6, 6.07) is 4.69. The summed E-state index contributed by atoms with van der Waals surface area (Å²) < 4.78 is 0. The Balaban J connectivity index is 2.65. The maximum atomic E-state index is 12.0. The molecule has 1 aromatic carbocycles. The number of amides is 2. The van der Waals surface area contributed by atoms with Gasteiger partial charge in [-0.05, 0) is 24.6 Å². The van der Waals surface area contributed by atoms with Crippen LogP contribution in [0.4, 0.5) is 0 Å². The highest BCUT2D eigenvalue weighted by molar-refractivity contribution is 5.95. The van der Waals surface area contributed by atoms with Crippen molar-refractivity contribution in [2.24, 2.45) is 5.73 Å². The largest absolute Gasteiger partial charge is 0.356 e. The monoisotopic (exact) mass is 301 g/mol. The van der Waals surface area contributed by atoms with Crippen molar-refractivity contribution in [1.82, 2.24) is 10.6 Å². The standard InChI is InChI=1S/C16H19N3O3/c1-12(21)18-8-3-9-19-16(22)14-5-6-15(11-20)13(10-14)4-2-7-17/h5-6,10-11H,3,7-9,17H2,1H3,(H,18,21)(H,19,22). The number of nitrogens with two attached hydrogens (primary N) is 1. The summed E-state index contributed by atoms with van der Waals surface area (Å²) in [5.74, 6) is 5.09. The van der Waals surface area contributed by atoms with Crippen LogP contribution >= 0.6 is 0 Å². The van der Waals surface area contributed by atoms with E-state index in [1.165, 1.54) is 6.92 Å². The highest BCUT2D eigenvalue weighted by Crippen LogP contribution is 2.09. The van der Waals surface area contributed by atoms with Crippen LogP contribution in [-0.2, 0) is 4.79 Å². The Morgan fingerprint density at radius 1 is 1.27 bits per heavy atom. The second-order valence-electron chi connectivity index (χ2n) is 4.52. The van der Waals surface area contributed by atoms with Crippen LogP contribution in [0.3, 0.4) is 0 Å². The molecule has 1 rings (SSSR count). The molecule has 4 N–H and O–H groups in total. The van der Waals surface area contributed by atoms with Crippen LogP contribution in [-0.4, -0.2) is 37.7 Å². The fourth-order valence-corrected chi connectivity index (χ4v) is 1.71. The third-order valence-electron chi connectivity index (χ3n) is 2.78. The molecule has 0 atom stereocenters. The molecule has 0 aliphatic heterocycles. The van der Waals surface area contributed by atoms with E-state index in [0.29, 0.717) is 42.5 Å². The van der Waals surface area contributed by atoms with Crippen molar-refractivity contribution >= 4 is 18.1 Å². The average molecular weight is 301 g/mol. The minimum absolute atomic E-state index is 0.0982. The average Bonchev–Trinajstić information content (AvgIpc) is 2.51. The van der Waals surface area contributed by atoms with Gasteiger partial charge in [-0.25, -0.2) is 0 Å². The van der Waals surface area contributed by atoms with Crippen molar-refractivity contribution in [3.63, 3.8) is 0 Å². The molecule has 0 unspecified atom stereocenters. The number of hydrogen-bond donors (Lipinski definition) is 3. The molecule has 0 saturated heterocycles. The van der Waals surface area contributed by atoms with Gasteiger partial charge in [-0.1, -0.05) is 11.8 Å². The first-order chi connectivity index (χ1) is 10.6. The van der Waals surface area contributed by atoms with Crippen LogP contribution in [0.2, 0.25) is 0 Å². The summed E-state index contributed by atoms with van der Waals surface area (Å²) in [5.41, 5.74) is 6.63. The third-order valence-corrected chi connectivity index (χ3v) is 2.78. The normalized spacial score (nSPS) is 9.36. The van der Waals surface area contributed by atoms with E-state index < -0.39 is 0 Å². The van der Waals surface area contributed by atoms with E-state index in [4.69, 9.17) is 5.73 Å². The summed E-state index contributed by atoms with van der Waals surface area (Å²) in [6.07, 6.45) is 1.33. The van der Waals surface area contributed by atoms with Crippen LogP contribution in [0.25, 0.3) is 0 Å². The lowest BCUT2D eigenvalue weighted by Gasteiger charge is -2.07. The van der Waals surface area contributed by atoms with Gasteiger partial charge in [0.05, 0.1) is 6.54 Å². The van der Waals surface area contributed by atoms with Crippen molar-refractivity contribution in [2.75, 3.05) is 19.6 Å². The molecule has 116 valence electrons. The number of carbonyl (C=O) groups is 3. The Labute approximate surface area is 129 Å². The van der Waals surface area contributed by atoms with Crippen molar-refractivity contribution in [3.05, 3.63) is 34.9 Å². The highest BCUT2D eigenvalue weighted by atomic mass is 16.2. The minimum Gasteiger partial charge on any atom is -0.356 e. The van der Waals surface area contributed by atoms with Gasteiger partial charge in [0.25, 0.3) is 5.91 Å². The Hall–Kier alpha value is -2.65. The molecule has 0 aromatic heterocycles. The molecule has 0 aliphatic carbocycles. The lowest BCUT2D eigenvalue weighted by molar-refractivity contribution is -0.118. The molecule has 0 radical (unpaired) electrons. The Morgan fingerprint density at radius 2 is 2.00 bits per heavy atom. The number of rotatable bonds is 6. The zero-order chi connectivity index (χ0) is 16.4. The van der Waals surface area contributed by atoms with Gasteiger partial charge in [0.15, 0.2) is 6.29 Å². The van der Waals surface area contributed by atoms with Crippen molar-refractivity contribution in [3.8, 4) is 11.8 Å². The van der Waals surface area contributed by atoms with Crippen LogP contribution in [0.15, 0.2) is 18.2 Å². The second-order valence-corrected chi connectivity index (χ2v) is 4.52. The predicted molar refractivity (Wildman–Crippen MR) is 83.4 cm³/mol. The van der Waals surface area contributed by atoms with Crippen molar-refractivity contribution < 1.29 is 14.4 Å². The van der Waals surface area contributed by atoms with Crippen LogP contribution in [0, 0.1) is 11.8 Å². The fraction of sp³-hybridized carbons (Fsp3) is 0.312. The number of nitrogens with one attached hydrogen (secondary N) is 2. The molecular weight excluding hydrogens is 282 g/mol. The van der Waals surface area contributed by atoms with Gasteiger partial charge in [0, 0.05) is 36.7 Å². The maximum absolute atomic E-state index is 12.0. The quantitative estimate of drug-likeness (QED) is 0.393. The van der Waals surface area contributed by atoms with Gasteiger partial charge < -0.3 is 16.4 Å². The van der Waals surface area contributed by atoms with E-state index >= 15 is 0 Å². The number of carbonyl (C=O) groups excluding carboxylic acids is 3. The number of benzene rings is 1. The van der Waals surface area contributed by atoms with Crippen molar-refractivity contribution in [1.29, 1.82) is 0 Å². The molecule has 1 aromatic rings. The van der Waals surface area contributed by atoms with E-state index in [9.17, 15) is 14.4 Å². The Morgan fingerprint density at radius 3 is 2.64 bits per heavy atom. The van der Waals surface area contributed by atoms with E-state index in [1.54, 1.807) is 18.2 Å². The third kappa shape index (κ3) is 5.77. The first-order valence-electron chi connectivity index (χ1n) is 6.89. The van der Waals surface area contributed by atoms with Crippen molar-refractivity contribution in [2.45, 2.75) is 13.3 Å². The van der Waals surface area contributed by atoms with Crippen LogP contribution in [0.1, 0.15) is 39.6 Å². The highest BCUT2D eigenvalue weighted by Gasteiger charge is 2.08. The zero-order valence-electron chi connectivity index (χ0n) is 12.4. The summed E-state index contributed by atoms with van der Waals surface area (Å²) in [4.78, 5) is 33.6. The van der Waals surface area contributed by atoms with E-state index in [2.05, 4.69) is 22.5 Å². The molecule has 0 fully saturated rings. The summed E-state index contributed by atoms with van der Waals surface area (Å²) >= 11 is 0. The lowest BCUT2D eigenvalue weighted by atomic mass is 10.0. The van der Waals surface area contributed by atoms with Gasteiger partial charge in [-0.15, -0.1) is 0 Å². The molecule has 0 bridgehead atoms. The second kappa shape index (κ2) is 9.32. The molecule has 0 aliphatic rings. The smallest absolute Gasteiger partial charge is 0.251 e. The molecule has 2 amide bonds. The predicted octanol–water partition coefficient (Wildman–Crippen LogP) is 0.0653. The molecule has 22 heavy (non-hydrogen) atoms. The Kier molecular flexibility index (Phi) is 7.37. The summed E-state index contributed by atoms with van der Waals surface area (Å²) in [7, 11) is 0. The van der Waals surface area contributed by atoms with Gasteiger partial charge in [0.1, 0.15) is 0 Å². The Bertz CT molecular complexity index is 615. The summed E-state index contributed by atoms with van der Waals surface area (Å²) in [5, 5.41) is 5.39. The van der Waals surface area contributed by atoms with E-state index in [1.807, 2.05) is 0 Å². The first-order valence-corrected chi connectivity index (χ1v) is 6.89. The van der Waals surface area contributed by atoms with Crippen LogP contribution in [0.5, 0.6) is 0 Å². The molecule has 0 saturated carbocycles. The lowest BCUT2D eigenvalue weighted by Crippen LogP contribution is -2.28. The van der Waals surface area contributed by atoms with E-state index in [0.717, 1.165) is 0 Å². The number of hydrogen-bond acceptors (Lipinski definition) is 4. The molecule has 0 heterocycles. The van der Waals surface area contributed by atoms with Gasteiger partial charge in [-0.2, -0.15) is 0 Å².